The molecule has 0 spiro atoms. The summed E-state index contributed by atoms with van der Waals surface area (Å²) in [5.41, 5.74) is 5.04. The van der Waals surface area contributed by atoms with Crippen LogP contribution in [0.3, 0.4) is 0 Å². The Morgan fingerprint density at radius 3 is 2.05 bits per heavy atom. The van der Waals surface area contributed by atoms with Gasteiger partial charge < -0.3 is 14.7 Å². The summed E-state index contributed by atoms with van der Waals surface area (Å²) in [7, 11) is 2.04. The lowest BCUT2D eigenvalue weighted by Gasteiger charge is -2.41. The second-order valence-corrected chi connectivity index (χ2v) is 10.9. The smallest absolute Gasteiger partial charge is 0.364 e. The molecule has 5 nitrogen and oxygen atoms in total. The second-order valence-electron chi connectivity index (χ2n) is 10.9. The number of piperidine rings is 1. The maximum Gasteiger partial charge on any atom is 0.416 e. The van der Waals surface area contributed by atoms with Crippen molar-refractivity contribution in [3.05, 3.63) is 103 Å². The van der Waals surface area contributed by atoms with E-state index in [1.54, 1.807) is 18.6 Å². The minimum Gasteiger partial charge on any atom is -0.364 e. The molecule has 0 bridgehead atoms. The van der Waals surface area contributed by atoms with E-state index in [2.05, 4.69) is 62.8 Å². The predicted octanol–water partition coefficient (Wildman–Crippen LogP) is 7.81. The van der Waals surface area contributed by atoms with Crippen LogP contribution >= 0.6 is 0 Å². The van der Waals surface area contributed by atoms with Crippen LogP contribution < -0.4 is 9.80 Å². The van der Waals surface area contributed by atoms with Gasteiger partial charge in [0, 0.05) is 80.0 Å². The number of benzene rings is 2. The maximum absolute atomic E-state index is 13.1. The van der Waals surface area contributed by atoms with E-state index in [9.17, 15) is 13.2 Å². The molecule has 4 aromatic rings. The Morgan fingerprint density at radius 2 is 1.44 bits per heavy atom. The van der Waals surface area contributed by atoms with Gasteiger partial charge in [0.1, 0.15) is 0 Å². The van der Waals surface area contributed by atoms with Gasteiger partial charge in [-0.3, -0.25) is 9.97 Å². The van der Waals surface area contributed by atoms with Gasteiger partial charge in [-0.25, -0.2) is 0 Å². The molecule has 1 aliphatic heterocycles. The molecule has 0 atom stereocenters. The molecule has 1 saturated heterocycles. The van der Waals surface area contributed by atoms with Crippen LogP contribution in [0.4, 0.5) is 30.2 Å². The number of nitrogens with zero attached hydrogens (tertiary/aromatic N) is 5. The second kappa shape index (κ2) is 12.3. The van der Waals surface area contributed by atoms with Crippen LogP contribution in [0, 0.1) is 0 Å². The molecule has 41 heavy (non-hydrogen) atoms. The number of likely N-dealkylation sites (tertiary alicyclic amines) is 1. The SMILES string of the molecule is CC(C)N1CCC(N(Cc2ccc(N(C)c3ccncc3)cc2)c2ccnc(-c3ccc(C(F)(F)F)cc3)c2)CC1. The van der Waals surface area contributed by atoms with Gasteiger partial charge >= 0.3 is 6.18 Å². The fourth-order valence-corrected chi connectivity index (χ4v) is 5.47. The largest absolute Gasteiger partial charge is 0.416 e. The Kier molecular flexibility index (Phi) is 8.59. The molecule has 0 saturated carbocycles. The molecule has 214 valence electrons. The minimum atomic E-state index is -4.36. The van der Waals surface area contributed by atoms with Crippen LogP contribution in [0.15, 0.2) is 91.4 Å². The van der Waals surface area contributed by atoms with E-state index in [-0.39, 0.29) is 0 Å². The van der Waals surface area contributed by atoms with Crippen LogP contribution in [-0.4, -0.2) is 47.1 Å². The zero-order valence-corrected chi connectivity index (χ0v) is 23.7. The zero-order valence-electron chi connectivity index (χ0n) is 23.7. The van der Waals surface area contributed by atoms with E-state index in [0.29, 0.717) is 23.3 Å². The Hall–Kier alpha value is -3.91. The van der Waals surface area contributed by atoms with Gasteiger partial charge in [-0.05, 0) is 80.8 Å². The molecule has 0 radical (unpaired) electrons. The molecule has 1 fully saturated rings. The van der Waals surface area contributed by atoms with E-state index in [0.717, 1.165) is 61.7 Å². The molecule has 0 N–H and O–H groups in total. The van der Waals surface area contributed by atoms with Crippen molar-refractivity contribution < 1.29 is 13.2 Å². The van der Waals surface area contributed by atoms with Gasteiger partial charge in [-0.2, -0.15) is 13.2 Å². The first-order valence-corrected chi connectivity index (χ1v) is 14.1. The maximum atomic E-state index is 13.1. The number of anilines is 3. The van der Waals surface area contributed by atoms with Gasteiger partial charge in [-0.15, -0.1) is 0 Å². The standard InChI is InChI=1S/C33H36F3N5/c1-24(2)40-20-15-30(16-21-40)41(23-25-4-10-28(11-5-25)39(3)29-12-17-37-18-13-29)31-14-19-38-32(22-31)26-6-8-27(9-7-26)33(34,35)36/h4-14,17-19,22,24,30H,15-16,20-21,23H2,1-3H3. The van der Waals surface area contributed by atoms with Gasteiger partial charge in [0.05, 0.1) is 11.3 Å². The van der Waals surface area contributed by atoms with Crippen molar-refractivity contribution in [1.29, 1.82) is 0 Å². The average molecular weight is 560 g/mol. The molecule has 0 amide bonds. The van der Waals surface area contributed by atoms with Crippen molar-refractivity contribution >= 4 is 17.1 Å². The van der Waals surface area contributed by atoms with Gasteiger partial charge in [0.15, 0.2) is 0 Å². The number of hydrogen-bond acceptors (Lipinski definition) is 5. The third-order valence-corrected chi connectivity index (χ3v) is 7.98. The van der Waals surface area contributed by atoms with Crippen LogP contribution in [0.25, 0.3) is 11.3 Å². The van der Waals surface area contributed by atoms with Crippen molar-refractivity contribution in [2.45, 2.75) is 51.5 Å². The lowest BCUT2D eigenvalue weighted by molar-refractivity contribution is -0.137. The van der Waals surface area contributed by atoms with E-state index < -0.39 is 11.7 Å². The Labute approximate surface area is 240 Å². The highest BCUT2D eigenvalue weighted by molar-refractivity contribution is 5.66. The normalized spacial score (nSPS) is 14.8. The number of alkyl halides is 3. The Balaban J connectivity index is 1.41. The lowest BCUT2D eigenvalue weighted by Crippen LogP contribution is -2.46. The molecule has 8 heteroatoms. The van der Waals surface area contributed by atoms with Crippen LogP contribution in [-0.2, 0) is 12.7 Å². The third kappa shape index (κ3) is 6.88. The summed E-state index contributed by atoms with van der Waals surface area (Å²) in [4.78, 5) is 15.7. The number of pyridine rings is 2. The Morgan fingerprint density at radius 1 is 0.829 bits per heavy atom. The highest BCUT2D eigenvalue weighted by Crippen LogP contribution is 2.33. The monoisotopic (exact) mass is 559 g/mol. The first-order valence-electron chi connectivity index (χ1n) is 14.1. The predicted molar refractivity (Wildman–Crippen MR) is 159 cm³/mol. The molecular weight excluding hydrogens is 523 g/mol. The van der Waals surface area contributed by atoms with E-state index in [1.165, 1.54) is 17.7 Å². The van der Waals surface area contributed by atoms with Crippen molar-refractivity contribution in [1.82, 2.24) is 14.9 Å². The fraction of sp³-hybridized carbons (Fsp3) is 0.333. The van der Waals surface area contributed by atoms with Crippen molar-refractivity contribution in [3.63, 3.8) is 0 Å². The third-order valence-electron chi connectivity index (χ3n) is 7.98. The van der Waals surface area contributed by atoms with E-state index >= 15 is 0 Å². The summed E-state index contributed by atoms with van der Waals surface area (Å²) < 4.78 is 39.3. The van der Waals surface area contributed by atoms with Crippen molar-refractivity contribution in [3.8, 4) is 11.3 Å². The van der Waals surface area contributed by atoms with Crippen LogP contribution in [0.2, 0.25) is 0 Å². The lowest BCUT2D eigenvalue weighted by atomic mass is 9.99. The van der Waals surface area contributed by atoms with Gasteiger partial charge in [0.2, 0.25) is 0 Å². The van der Waals surface area contributed by atoms with Crippen LogP contribution in [0.5, 0.6) is 0 Å². The molecular formula is C33H36F3N5. The number of aromatic nitrogens is 2. The summed E-state index contributed by atoms with van der Waals surface area (Å²) in [6, 6.07) is 22.7. The molecule has 0 unspecified atom stereocenters. The highest BCUT2D eigenvalue weighted by atomic mass is 19.4. The van der Waals surface area contributed by atoms with E-state index in [1.807, 2.05) is 31.3 Å². The summed E-state index contributed by atoms with van der Waals surface area (Å²) in [6.45, 7) is 7.27. The highest BCUT2D eigenvalue weighted by Gasteiger charge is 2.30. The minimum absolute atomic E-state index is 0.340. The van der Waals surface area contributed by atoms with Crippen molar-refractivity contribution in [2.24, 2.45) is 0 Å². The number of halogens is 3. The quantitative estimate of drug-likeness (QED) is 0.220. The van der Waals surface area contributed by atoms with Crippen LogP contribution in [0.1, 0.15) is 37.8 Å². The summed E-state index contributed by atoms with van der Waals surface area (Å²) in [6.07, 6.45) is 3.05. The first kappa shape index (κ1) is 28.6. The zero-order chi connectivity index (χ0) is 29.0. The molecule has 3 heterocycles. The Bertz CT molecular complexity index is 1400. The molecule has 2 aromatic carbocycles. The number of hydrogen-bond donors (Lipinski definition) is 0. The fourth-order valence-electron chi connectivity index (χ4n) is 5.47. The first-order chi connectivity index (χ1) is 19.7. The van der Waals surface area contributed by atoms with Gasteiger partial charge in [0.25, 0.3) is 0 Å². The summed E-state index contributed by atoms with van der Waals surface area (Å²) in [5.74, 6) is 0. The van der Waals surface area contributed by atoms with Crippen molar-refractivity contribution in [2.75, 3.05) is 29.9 Å². The van der Waals surface area contributed by atoms with Gasteiger partial charge in [-0.1, -0.05) is 24.3 Å². The molecule has 5 rings (SSSR count). The average Bonchev–Trinajstić information content (AvgIpc) is 3.00. The van der Waals surface area contributed by atoms with E-state index in [4.69, 9.17) is 0 Å². The molecule has 2 aromatic heterocycles. The molecule has 1 aliphatic rings. The molecule has 0 aliphatic carbocycles. The summed E-state index contributed by atoms with van der Waals surface area (Å²) in [5, 5.41) is 0. The summed E-state index contributed by atoms with van der Waals surface area (Å²) >= 11 is 0. The topological polar surface area (TPSA) is 35.5 Å². The number of rotatable bonds is 8.